The van der Waals surface area contributed by atoms with Crippen molar-refractivity contribution in [3.05, 3.63) is 0 Å². The first-order valence-corrected chi connectivity index (χ1v) is 10.3. The maximum atomic E-state index is 11.5. The zero-order valence-electron chi connectivity index (χ0n) is 13.9. The minimum atomic E-state index is -3.52. The fraction of sp³-hybridized carbons (Fsp3) is 1.00. The molecule has 6 heteroatoms. The molecular weight excluding hydrogens is 312 g/mol. The zero-order chi connectivity index (χ0) is 16.4. The lowest BCUT2D eigenvalue weighted by Crippen LogP contribution is -2.34. The third-order valence-corrected chi connectivity index (χ3v) is 4.56. The summed E-state index contributed by atoms with van der Waals surface area (Å²) in [7, 11) is 1.95. The van der Waals surface area contributed by atoms with E-state index in [-0.39, 0.29) is 11.2 Å². The quantitative estimate of drug-likeness (QED) is 0.377. The number of hydrogen-bond donors (Lipinski definition) is 0. The van der Waals surface area contributed by atoms with Crippen molar-refractivity contribution in [2.24, 2.45) is 11.3 Å². The average Bonchev–Trinajstić information content (AvgIpc) is 2.32. The molecule has 4 nitrogen and oxygen atoms in total. The number of ether oxygens (including phenoxy) is 2. The normalized spacial score (nSPS) is 13.0. The van der Waals surface area contributed by atoms with E-state index in [4.69, 9.17) is 20.2 Å². The second-order valence-electron chi connectivity index (χ2n) is 6.20. The monoisotopic (exact) mass is 342 g/mol. The molecule has 0 radical (unpaired) electrons. The highest BCUT2D eigenvalue weighted by Crippen LogP contribution is 2.33. The van der Waals surface area contributed by atoms with Crippen LogP contribution in [0.1, 0.15) is 53.4 Å². The Kier molecular flexibility index (Phi) is 10.9. The summed E-state index contributed by atoms with van der Waals surface area (Å²) in [5.41, 5.74) is -0.373. The molecule has 0 aromatic carbocycles. The highest BCUT2D eigenvalue weighted by atomic mass is 35.7. The highest BCUT2D eigenvalue weighted by Gasteiger charge is 2.33. The van der Waals surface area contributed by atoms with Crippen LogP contribution in [-0.4, -0.2) is 40.6 Å². The van der Waals surface area contributed by atoms with Gasteiger partial charge in [-0.05, 0) is 18.8 Å². The van der Waals surface area contributed by atoms with Gasteiger partial charge in [-0.1, -0.05) is 40.5 Å². The molecule has 0 unspecified atom stereocenters. The maximum absolute atomic E-state index is 11.5. The summed E-state index contributed by atoms with van der Waals surface area (Å²) in [6, 6.07) is 0. The Bertz CT molecular complexity index is 349. The molecule has 128 valence electrons. The van der Waals surface area contributed by atoms with Crippen molar-refractivity contribution in [3.8, 4) is 0 Å². The van der Waals surface area contributed by atoms with Crippen LogP contribution in [0.15, 0.2) is 0 Å². The summed E-state index contributed by atoms with van der Waals surface area (Å²) in [5, 5.41) is 0. The van der Waals surface area contributed by atoms with Crippen LogP contribution in [0.25, 0.3) is 0 Å². The van der Waals surface area contributed by atoms with Crippen LogP contribution in [0.4, 0.5) is 0 Å². The van der Waals surface area contributed by atoms with E-state index in [0.717, 1.165) is 25.7 Å². The number of hydrogen-bond acceptors (Lipinski definition) is 4. The summed E-state index contributed by atoms with van der Waals surface area (Å²) < 4.78 is 34.1. The molecule has 0 aliphatic heterocycles. The third-order valence-electron chi connectivity index (χ3n) is 3.27. The Morgan fingerprint density at radius 2 is 1.57 bits per heavy atom. The van der Waals surface area contributed by atoms with Gasteiger partial charge in [0.05, 0.1) is 25.6 Å². The fourth-order valence-electron chi connectivity index (χ4n) is 2.61. The molecule has 21 heavy (non-hydrogen) atoms. The minimum absolute atomic E-state index is 0.0178. The van der Waals surface area contributed by atoms with Crippen LogP contribution < -0.4 is 0 Å². The Morgan fingerprint density at radius 3 is 2.00 bits per heavy atom. The van der Waals surface area contributed by atoms with E-state index in [2.05, 4.69) is 27.7 Å². The number of rotatable bonds is 13. The van der Waals surface area contributed by atoms with E-state index in [0.29, 0.717) is 32.3 Å². The van der Waals surface area contributed by atoms with Gasteiger partial charge >= 0.3 is 0 Å². The lowest BCUT2D eigenvalue weighted by Gasteiger charge is -2.32. The topological polar surface area (TPSA) is 52.6 Å². The van der Waals surface area contributed by atoms with Gasteiger partial charge in [0, 0.05) is 22.7 Å². The summed E-state index contributed by atoms with van der Waals surface area (Å²) in [5.74, 6) is 0.487. The van der Waals surface area contributed by atoms with Gasteiger partial charge in [0.15, 0.2) is 0 Å². The molecule has 0 bridgehead atoms. The zero-order valence-corrected chi connectivity index (χ0v) is 15.4. The second-order valence-corrected chi connectivity index (χ2v) is 8.98. The van der Waals surface area contributed by atoms with Gasteiger partial charge in [-0.3, -0.25) is 0 Å². The molecule has 0 spiro atoms. The Balaban J connectivity index is 4.38. The van der Waals surface area contributed by atoms with E-state index in [1.165, 1.54) is 0 Å². The van der Waals surface area contributed by atoms with Crippen LogP contribution in [0.5, 0.6) is 0 Å². The van der Waals surface area contributed by atoms with Crippen LogP contribution in [0, 0.1) is 11.3 Å². The third kappa shape index (κ3) is 11.4. The van der Waals surface area contributed by atoms with Gasteiger partial charge in [-0.25, -0.2) is 8.42 Å². The van der Waals surface area contributed by atoms with Crippen molar-refractivity contribution in [2.45, 2.75) is 53.4 Å². The first-order valence-electron chi connectivity index (χ1n) is 7.82. The summed E-state index contributed by atoms with van der Waals surface area (Å²) in [6.45, 7) is 10.5. The van der Waals surface area contributed by atoms with E-state index in [1.54, 1.807) is 0 Å². The van der Waals surface area contributed by atoms with Crippen LogP contribution >= 0.6 is 10.7 Å². The lowest BCUT2D eigenvalue weighted by molar-refractivity contribution is 0.000199. The molecule has 0 aromatic rings. The molecule has 0 amide bonds. The van der Waals surface area contributed by atoms with Gasteiger partial charge in [0.2, 0.25) is 9.05 Å². The van der Waals surface area contributed by atoms with E-state index in [1.807, 2.05) is 0 Å². The lowest BCUT2D eigenvalue weighted by atomic mass is 9.82. The molecule has 0 saturated carbocycles. The highest BCUT2D eigenvalue weighted by molar-refractivity contribution is 8.13. The summed E-state index contributed by atoms with van der Waals surface area (Å²) in [6.07, 6.45) is 3.44. The Hall–Kier alpha value is 0.160. The van der Waals surface area contributed by atoms with Crippen LogP contribution in [0.2, 0.25) is 0 Å². The summed E-state index contributed by atoms with van der Waals surface area (Å²) in [4.78, 5) is 0. The second kappa shape index (κ2) is 10.8. The average molecular weight is 343 g/mol. The van der Waals surface area contributed by atoms with Gasteiger partial charge in [0.25, 0.3) is 0 Å². The van der Waals surface area contributed by atoms with E-state index in [9.17, 15) is 8.42 Å². The molecule has 0 aromatic heterocycles. The smallest absolute Gasteiger partial charge is 0.233 e. The molecule has 0 heterocycles. The standard InChI is InChI=1S/C15H31ClO4S/c1-5-7-15(8-6-2,13-21(16,17)18)12-20-10-9-19-11-14(3)4/h14H,5-13H2,1-4H3. The molecule has 0 aliphatic carbocycles. The molecule has 0 fully saturated rings. The molecule has 0 rings (SSSR count). The molecule has 0 aliphatic rings. The van der Waals surface area contributed by atoms with Crippen molar-refractivity contribution >= 4 is 19.7 Å². The fourth-order valence-corrected chi connectivity index (χ4v) is 4.41. The number of halogens is 1. The Morgan fingerprint density at radius 1 is 1.05 bits per heavy atom. The van der Waals surface area contributed by atoms with Crippen LogP contribution in [-0.2, 0) is 18.5 Å². The van der Waals surface area contributed by atoms with Crippen molar-refractivity contribution < 1.29 is 17.9 Å². The first kappa shape index (κ1) is 21.2. The summed E-state index contributed by atoms with van der Waals surface area (Å²) >= 11 is 0. The predicted octanol–water partition coefficient (Wildman–Crippen LogP) is 3.83. The molecule has 0 atom stereocenters. The van der Waals surface area contributed by atoms with Crippen molar-refractivity contribution in [1.82, 2.24) is 0 Å². The van der Waals surface area contributed by atoms with Gasteiger partial charge < -0.3 is 9.47 Å². The molecule has 0 saturated heterocycles. The first-order chi connectivity index (χ1) is 9.74. The Labute approximate surface area is 135 Å². The van der Waals surface area contributed by atoms with E-state index < -0.39 is 9.05 Å². The van der Waals surface area contributed by atoms with Gasteiger partial charge in [0.1, 0.15) is 0 Å². The maximum Gasteiger partial charge on any atom is 0.233 e. The molecule has 0 N–H and O–H groups in total. The minimum Gasteiger partial charge on any atom is -0.379 e. The van der Waals surface area contributed by atoms with Gasteiger partial charge in [-0.2, -0.15) is 0 Å². The SMILES string of the molecule is CCCC(CCC)(COCCOCC(C)C)CS(=O)(=O)Cl. The van der Waals surface area contributed by atoms with E-state index >= 15 is 0 Å². The van der Waals surface area contributed by atoms with Crippen molar-refractivity contribution in [2.75, 3.05) is 32.2 Å². The van der Waals surface area contributed by atoms with Crippen molar-refractivity contribution in [3.63, 3.8) is 0 Å². The predicted molar refractivity (Wildman–Crippen MR) is 88.4 cm³/mol. The van der Waals surface area contributed by atoms with Crippen molar-refractivity contribution in [1.29, 1.82) is 0 Å². The van der Waals surface area contributed by atoms with Crippen LogP contribution in [0.3, 0.4) is 0 Å². The van der Waals surface area contributed by atoms with Gasteiger partial charge in [-0.15, -0.1) is 0 Å². The largest absolute Gasteiger partial charge is 0.379 e. The molecular formula is C15H31ClO4S.